The second kappa shape index (κ2) is 8.44. The summed E-state index contributed by atoms with van der Waals surface area (Å²) in [4.78, 5) is 0. The van der Waals surface area contributed by atoms with Crippen molar-refractivity contribution in [2.24, 2.45) is 11.8 Å². The molecule has 0 heterocycles. The summed E-state index contributed by atoms with van der Waals surface area (Å²) in [5, 5.41) is 4.03. The molecule has 0 spiro atoms. The van der Waals surface area contributed by atoms with Gasteiger partial charge in [-0.1, -0.05) is 86.2 Å². The van der Waals surface area contributed by atoms with E-state index in [0.717, 1.165) is 30.6 Å². The van der Waals surface area contributed by atoms with Crippen LogP contribution in [0.25, 0.3) is 0 Å². The first kappa shape index (κ1) is 18.5. The van der Waals surface area contributed by atoms with E-state index in [1.165, 1.54) is 42.4 Å². The van der Waals surface area contributed by atoms with Crippen molar-refractivity contribution in [3.8, 4) is 0 Å². The fourth-order valence-electron chi connectivity index (χ4n) is 4.91. The van der Waals surface area contributed by atoms with Crippen molar-refractivity contribution in [1.82, 2.24) is 5.32 Å². The van der Waals surface area contributed by atoms with Gasteiger partial charge in [0.2, 0.25) is 0 Å². The Bertz CT molecular complexity index is 735. The highest BCUT2D eigenvalue weighted by atomic mass is 15.0. The largest absolute Gasteiger partial charge is 0.310 e. The molecule has 0 aliphatic heterocycles. The number of nitrogens with one attached hydrogen (secondary N) is 1. The number of hydrogen-bond acceptors (Lipinski definition) is 1. The quantitative estimate of drug-likeness (QED) is 0.531. The minimum atomic E-state index is 0.687. The number of hydrogen-bond donors (Lipinski definition) is 1. The zero-order valence-corrected chi connectivity index (χ0v) is 16.6. The maximum atomic E-state index is 4.41. The molecule has 2 fully saturated rings. The van der Waals surface area contributed by atoms with Crippen LogP contribution in [0.5, 0.6) is 0 Å². The molecule has 2 saturated carbocycles. The molecule has 0 aromatic heterocycles. The highest BCUT2D eigenvalue weighted by Gasteiger charge is 2.46. The number of benzene rings is 2. The summed E-state index contributed by atoms with van der Waals surface area (Å²) in [5.74, 6) is 2.37. The monoisotopic (exact) mass is 359 g/mol. The van der Waals surface area contributed by atoms with Crippen molar-refractivity contribution in [3.05, 3.63) is 83.9 Å². The lowest BCUT2D eigenvalue weighted by atomic mass is 9.66. The molecule has 2 aromatic carbocycles. The molecule has 2 aromatic rings. The number of allylic oxidation sites excluding steroid dienone is 1. The first-order valence-corrected chi connectivity index (χ1v) is 10.8. The second-order valence-electron chi connectivity index (χ2n) is 8.66. The third-order valence-corrected chi connectivity index (χ3v) is 6.73. The molecule has 0 saturated heterocycles. The molecular formula is C26H33N. The van der Waals surface area contributed by atoms with E-state index in [-0.39, 0.29) is 0 Å². The summed E-state index contributed by atoms with van der Waals surface area (Å²) in [5.41, 5.74) is 4.36. The molecule has 142 valence electrons. The molecule has 1 N–H and O–H groups in total. The Labute approximate surface area is 164 Å². The van der Waals surface area contributed by atoms with Gasteiger partial charge in [0.05, 0.1) is 0 Å². The van der Waals surface area contributed by atoms with Crippen molar-refractivity contribution >= 4 is 0 Å². The van der Waals surface area contributed by atoms with Gasteiger partial charge in [-0.25, -0.2) is 0 Å². The zero-order chi connectivity index (χ0) is 18.6. The van der Waals surface area contributed by atoms with Gasteiger partial charge in [0.15, 0.2) is 0 Å². The van der Waals surface area contributed by atoms with E-state index in [9.17, 15) is 0 Å². The molecule has 27 heavy (non-hydrogen) atoms. The summed E-state index contributed by atoms with van der Waals surface area (Å²) >= 11 is 0. The van der Waals surface area contributed by atoms with Crippen molar-refractivity contribution in [2.75, 3.05) is 0 Å². The molecule has 2 aliphatic carbocycles. The van der Waals surface area contributed by atoms with Gasteiger partial charge in [0, 0.05) is 18.0 Å². The summed E-state index contributed by atoms with van der Waals surface area (Å²) in [6.45, 7) is 6.76. The molecule has 1 heteroatoms. The highest BCUT2D eigenvalue weighted by Crippen LogP contribution is 2.46. The van der Waals surface area contributed by atoms with Crippen LogP contribution in [0.15, 0.2) is 72.8 Å². The van der Waals surface area contributed by atoms with Crippen molar-refractivity contribution in [3.63, 3.8) is 0 Å². The van der Waals surface area contributed by atoms with Crippen LogP contribution in [0.2, 0.25) is 0 Å². The zero-order valence-electron chi connectivity index (χ0n) is 16.6. The molecule has 5 atom stereocenters. The lowest BCUT2D eigenvalue weighted by Gasteiger charge is -2.46. The van der Waals surface area contributed by atoms with E-state index in [0.29, 0.717) is 12.1 Å². The second-order valence-corrected chi connectivity index (χ2v) is 8.66. The van der Waals surface area contributed by atoms with Crippen LogP contribution in [0.4, 0.5) is 0 Å². The Kier molecular flexibility index (Phi) is 5.78. The van der Waals surface area contributed by atoms with E-state index >= 15 is 0 Å². The van der Waals surface area contributed by atoms with E-state index in [4.69, 9.17) is 0 Å². The Balaban J connectivity index is 1.26. The molecule has 0 bridgehead atoms. The SMILES string of the molecule is C=C(CCc1ccccc1)C[C@@H]1C[C@H](CC)[C@H]1N[C@@H]1C[C@H]1c1ccccc1. The third-order valence-electron chi connectivity index (χ3n) is 6.73. The molecular weight excluding hydrogens is 326 g/mol. The average Bonchev–Trinajstić information content (AvgIpc) is 3.48. The van der Waals surface area contributed by atoms with E-state index in [1.807, 2.05) is 0 Å². The normalized spacial score (nSPS) is 29.1. The predicted molar refractivity (Wildman–Crippen MR) is 115 cm³/mol. The first-order chi connectivity index (χ1) is 13.2. The van der Waals surface area contributed by atoms with Crippen LogP contribution in [0.1, 0.15) is 56.1 Å². The van der Waals surface area contributed by atoms with Crippen molar-refractivity contribution < 1.29 is 0 Å². The topological polar surface area (TPSA) is 12.0 Å². The molecule has 4 rings (SSSR count). The summed E-state index contributed by atoms with van der Waals surface area (Å²) < 4.78 is 0. The molecule has 0 amide bonds. The summed E-state index contributed by atoms with van der Waals surface area (Å²) in [7, 11) is 0. The van der Waals surface area contributed by atoms with Crippen LogP contribution in [-0.2, 0) is 6.42 Å². The number of aryl methyl sites for hydroxylation is 1. The third kappa shape index (κ3) is 4.52. The smallest absolute Gasteiger partial charge is 0.0146 e. The highest BCUT2D eigenvalue weighted by molar-refractivity contribution is 5.28. The van der Waals surface area contributed by atoms with Gasteiger partial charge in [-0.05, 0) is 55.1 Å². The van der Waals surface area contributed by atoms with Crippen LogP contribution < -0.4 is 5.32 Å². The van der Waals surface area contributed by atoms with Crippen molar-refractivity contribution in [1.29, 1.82) is 0 Å². The van der Waals surface area contributed by atoms with Crippen LogP contribution in [-0.4, -0.2) is 12.1 Å². The lowest BCUT2D eigenvalue weighted by molar-refractivity contribution is 0.102. The van der Waals surface area contributed by atoms with E-state index in [2.05, 4.69) is 79.5 Å². The van der Waals surface area contributed by atoms with E-state index in [1.54, 1.807) is 0 Å². The van der Waals surface area contributed by atoms with Crippen LogP contribution in [0, 0.1) is 11.8 Å². The maximum absolute atomic E-state index is 4.41. The first-order valence-electron chi connectivity index (χ1n) is 10.8. The Morgan fingerprint density at radius 2 is 1.67 bits per heavy atom. The minimum Gasteiger partial charge on any atom is -0.310 e. The fraction of sp³-hybridized carbons (Fsp3) is 0.462. The molecule has 2 aliphatic rings. The van der Waals surface area contributed by atoms with Crippen molar-refractivity contribution in [2.45, 2.75) is 63.5 Å². The van der Waals surface area contributed by atoms with Gasteiger partial charge in [-0.3, -0.25) is 0 Å². The lowest BCUT2D eigenvalue weighted by Crippen LogP contribution is -2.52. The van der Waals surface area contributed by atoms with E-state index < -0.39 is 0 Å². The Hall–Kier alpha value is -1.86. The molecule has 1 nitrogen and oxygen atoms in total. The fourth-order valence-corrected chi connectivity index (χ4v) is 4.91. The Morgan fingerprint density at radius 1 is 0.963 bits per heavy atom. The van der Waals surface area contributed by atoms with Gasteiger partial charge >= 0.3 is 0 Å². The van der Waals surface area contributed by atoms with Gasteiger partial charge in [0.25, 0.3) is 0 Å². The van der Waals surface area contributed by atoms with Gasteiger partial charge < -0.3 is 5.32 Å². The molecule has 0 radical (unpaired) electrons. The minimum absolute atomic E-state index is 0.687. The summed E-state index contributed by atoms with van der Waals surface area (Å²) in [6, 6.07) is 23.2. The Morgan fingerprint density at radius 3 is 2.37 bits per heavy atom. The maximum Gasteiger partial charge on any atom is 0.0146 e. The predicted octanol–water partition coefficient (Wildman–Crippen LogP) is 6.13. The standard InChI is InChI=1S/C26H33N/c1-3-21-17-23(16-19(2)14-15-20-10-6-4-7-11-20)26(21)27-25-18-24(25)22-12-8-5-9-13-22/h4-13,21,23-27H,2-3,14-18H2,1H3/t21-,23+,24-,25+,26+/m0/s1. The summed E-state index contributed by atoms with van der Waals surface area (Å²) in [6.07, 6.45) is 7.43. The number of rotatable bonds is 9. The van der Waals surface area contributed by atoms with Gasteiger partial charge in [-0.15, -0.1) is 0 Å². The van der Waals surface area contributed by atoms with Crippen LogP contribution >= 0.6 is 0 Å². The van der Waals surface area contributed by atoms with Gasteiger partial charge in [0.1, 0.15) is 0 Å². The van der Waals surface area contributed by atoms with Gasteiger partial charge in [-0.2, -0.15) is 0 Å². The average molecular weight is 360 g/mol. The molecule has 0 unspecified atom stereocenters. The van der Waals surface area contributed by atoms with Crippen LogP contribution in [0.3, 0.4) is 0 Å².